The number of benzene rings is 1. The van der Waals surface area contributed by atoms with Crippen LogP contribution in [0.15, 0.2) is 36.7 Å². The van der Waals surface area contributed by atoms with Gasteiger partial charge in [-0.3, -0.25) is 4.79 Å². The van der Waals surface area contributed by atoms with E-state index in [1.54, 1.807) is 30.6 Å². The highest BCUT2D eigenvalue weighted by Gasteiger charge is 2.22. The highest BCUT2D eigenvalue weighted by molar-refractivity contribution is 5.90. The number of hydrogen-bond donors (Lipinski definition) is 2. The van der Waals surface area contributed by atoms with Gasteiger partial charge in [0.1, 0.15) is 11.5 Å². The van der Waals surface area contributed by atoms with Crippen LogP contribution in [-0.2, 0) is 4.79 Å². The summed E-state index contributed by atoms with van der Waals surface area (Å²) in [5.41, 5.74) is 0.946. The maximum absolute atomic E-state index is 13.8. The molecule has 0 bridgehead atoms. The molecule has 1 amide bonds. The average Bonchev–Trinajstić information content (AvgIpc) is 3.04. The summed E-state index contributed by atoms with van der Waals surface area (Å²) >= 11 is 0. The summed E-state index contributed by atoms with van der Waals surface area (Å²) < 4.78 is 15.2. The lowest BCUT2D eigenvalue weighted by Crippen LogP contribution is -2.32. The Labute approximate surface area is 153 Å². The lowest BCUT2D eigenvalue weighted by molar-refractivity contribution is -0.117. The summed E-state index contributed by atoms with van der Waals surface area (Å²) in [6.45, 7) is 4.20. The van der Waals surface area contributed by atoms with E-state index in [1.165, 1.54) is 10.7 Å². The highest BCUT2D eigenvalue weighted by atomic mass is 35.5. The number of halogens is 2. The summed E-state index contributed by atoms with van der Waals surface area (Å²) in [5.74, 6) is 0.582. The first kappa shape index (κ1) is 19.4. The summed E-state index contributed by atoms with van der Waals surface area (Å²) in [6.07, 6.45) is 5.92. The molecule has 136 valence electrons. The first-order chi connectivity index (χ1) is 11.6. The molecule has 1 unspecified atom stereocenters. The molecule has 2 heterocycles. The Kier molecular flexibility index (Phi) is 6.96. The Morgan fingerprint density at radius 1 is 1.40 bits per heavy atom. The van der Waals surface area contributed by atoms with E-state index in [0.717, 1.165) is 25.9 Å². The number of para-hydroxylation sites is 1. The lowest BCUT2D eigenvalue weighted by atomic mass is 9.84. The molecule has 0 aliphatic carbocycles. The van der Waals surface area contributed by atoms with Crippen LogP contribution in [0.1, 0.15) is 26.2 Å². The van der Waals surface area contributed by atoms with Crippen molar-refractivity contribution in [3.05, 3.63) is 42.5 Å². The smallest absolute Gasteiger partial charge is 0.224 e. The highest BCUT2D eigenvalue weighted by Crippen LogP contribution is 2.24. The minimum Gasteiger partial charge on any atom is -0.323 e. The maximum atomic E-state index is 13.8. The molecule has 2 aromatic rings. The van der Waals surface area contributed by atoms with Gasteiger partial charge in [-0.2, -0.15) is 5.10 Å². The van der Waals surface area contributed by atoms with E-state index < -0.39 is 0 Å². The molecule has 1 aliphatic heterocycles. The van der Waals surface area contributed by atoms with Gasteiger partial charge < -0.3 is 10.6 Å². The second-order valence-electron chi connectivity index (χ2n) is 6.44. The van der Waals surface area contributed by atoms with Crippen LogP contribution in [-0.4, -0.2) is 28.8 Å². The van der Waals surface area contributed by atoms with Crippen molar-refractivity contribution in [2.75, 3.05) is 18.4 Å². The van der Waals surface area contributed by atoms with Gasteiger partial charge in [-0.05, 0) is 49.9 Å². The molecule has 1 aromatic carbocycles. The number of piperidine rings is 1. The Balaban J connectivity index is 0.00000225. The predicted molar refractivity (Wildman–Crippen MR) is 98.8 cm³/mol. The summed E-state index contributed by atoms with van der Waals surface area (Å²) in [7, 11) is 0. The van der Waals surface area contributed by atoms with Gasteiger partial charge in [0, 0.05) is 6.42 Å². The molecular weight excluding hydrogens is 343 g/mol. The van der Waals surface area contributed by atoms with Crippen molar-refractivity contribution in [3.63, 3.8) is 0 Å². The van der Waals surface area contributed by atoms with E-state index in [-0.39, 0.29) is 24.1 Å². The van der Waals surface area contributed by atoms with Crippen molar-refractivity contribution >= 4 is 24.0 Å². The molecule has 1 saturated heterocycles. The largest absolute Gasteiger partial charge is 0.323 e. The second kappa shape index (κ2) is 8.97. The van der Waals surface area contributed by atoms with Crippen molar-refractivity contribution in [2.24, 2.45) is 11.8 Å². The standard InChI is InChI=1S/C18H23FN4O.ClH/c1-13(14-6-8-20-9-7-14)10-18(24)22-15-11-21-23(12-15)17-5-3-2-4-16(17)19;/h2-5,11-14,20H,6-10H2,1H3,(H,22,24);1H. The number of hydrogen-bond acceptors (Lipinski definition) is 3. The van der Waals surface area contributed by atoms with Crippen LogP contribution in [0.2, 0.25) is 0 Å². The van der Waals surface area contributed by atoms with Crippen LogP contribution in [0.25, 0.3) is 5.69 Å². The molecule has 0 saturated carbocycles. The number of amides is 1. The molecule has 7 heteroatoms. The van der Waals surface area contributed by atoms with Crippen molar-refractivity contribution in [3.8, 4) is 5.69 Å². The van der Waals surface area contributed by atoms with Gasteiger partial charge in [0.15, 0.2) is 0 Å². The molecule has 1 fully saturated rings. The van der Waals surface area contributed by atoms with Crippen LogP contribution in [0.5, 0.6) is 0 Å². The number of nitrogens with zero attached hydrogens (tertiary/aromatic N) is 2. The Morgan fingerprint density at radius 2 is 2.12 bits per heavy atom. The minimum absolute atomic E-state index is 0. The molecule has 1 aliphatic rings. The number of carbonyl (C=O) groups is 1. The molecule has 5 nitrogen and oxygen atoms in total. The van der Waals surface area contributed by atoms with Crippen molar-refractivity contribution in [1.82, 2.24) is 15.1 Å². The maximum Gasteiger partial charge on any atom is 0.224 e. The zero-order valence-electron chi connectivity index (χ0n) is 14.2. The Bertz CT molecular complexity index is 700. The number of carbonyl (C=O) groups excluding carboxylic acids is 1. The number of anilines is 1. The lowest BCUT2D eigenvalue weighted by Gasteiger charge is -2.27. The zero-order valence-corrected chi connectivity index (χ0v) is 15.1. The number of rotatable bonds is 5. The third kappa shape index (κ3) is 5.03. The van der Waals surface area contributed by atoms with Gasteiger partial charge >= 0.3 is 0 Å². The molecule has 0 radical (unpaired) electrons. The average molecular weight is 367 g/mol. The van der Waals surface area contributed by atoms with Gasteiger partial charge in [0.05, 0.1) is 18.1 Å². The molecule has 1 aromatic heterocycles. The molecule has 25 heavy (non-hydrogen) atoms. The summed E-state index contributed by atoms with van der Waals surface area (Å²) in [6, 6.07) is 6.41. The SMILES string of the molecule is CC(CC(=O)Nc1cnn(-c2ccccc2F)c1)C1CCNCC1.Cl. The van der Waals surface area contributed by atoms with E-state index >= 15 is 0 Å². The van der Waals surface area contributed by atoms with Gasteiger partial charge in [0.2, 0.25) is 5.91 Å². The molecule has 2 N–H and O–H groups in total. The number of aromatic nitrogens is 2. The van der Waals surface area contributed by atoms with Gasteiger partial charge in [-0.25, -0.2) is 9.07 Å². The predicted octanol–water partition coefficient (Wildman–Crippen LogP) is 3.40. The van der Waals surface area contributed by atoms with E-state index in [9.17, 15) is 9.18 Å². The number of nitrogens with one attached hydrogen (secondary N) is 2. The van der Waals surface area contributed by atoms with E-state index in [4.69, 9.17) is 0 Å². The van der Waals surface area contributed by atoms with Crippen LogP contribution in [0.4, 0.5) is 10.1 Å². The first-order valence-corrected chi connectivity index (χ1v) is 8.43. The summed E-state index contributed by atoms with van der Waals surface area (Å²) in [5, 5.41) is 10.3. The van der Waals surface area contributed by atoms with Crippen LogP contribution in [0.3, 0.4) is 0 Å². The molecule has 1 atom stereocenters. The molecular formula is C18H24ClFN4O. The van der Waals surface area contributed by atoms with E-state index in [0.29, 0.717) is 29.6 Å². The van der Waals surface area contributed by atoms with Crippen molar-refractivity contribution < 1.29 is 9.18 Å². The van der Waals surface area contributed by atoms with Crippen LogP contribution >= 0.6 is 12.4 Å². The quantitative estimate of drug-likeness (QED) is 0.852. The molecule has 3 rings (SSSR count). The topological polar surface area (TPSA) is 59.0 Å². The first-order valence-electron chi connectivity index (χ1n) is 8.43. The fraction of sp³-hybridized carbons (Fsp3) is 0.444. The van der Waals surface area contributed by atoms with E-state index in [1.807, 2.05) is 0 Å². The normalized spacial score (nSPS) is 16.1. The Hall–Kier alpha value is -1.92. The summed E-state index contributed by atoms with van der Waals surface area (Å²) in [4.78, 5) is 12.2. The van der Waals surface area contributed by atoms with E-state index in [2.05, 4.69) is 22.7 Å². The van der Waals surface area contributed by atoms with Gasteiger partial charge in [-0.15, -0.1) is 12.4 Å². The fourth-order valence-electron chi connectivity index (χ4n) is 3.24. The fourth-order valence-corrected chi connectivity index (χ4v) is 3.24. The minimum atomic E-state index is -0.349. The van der Waals surface area contributed by atoms with Crippen LogP contribution < -0.4 is 10.6 Å². The van der Waals surface area contributed by atoms with Gasteiger partial charge in [-0.1, -0.05) is 19.1 Å². The van der Waals surface area contributed by atoms with Gasteiger partial charge in [0.25, 0.3) is 0 Å². The second-order valence-corrected chi connectivity index (χ2v) is 6.44. The van der Waals surface area contributed by atoms with Crippen LogP contribution in [0, 0.1) is 17.7 Å². The molecule has 0 spiro atoms. The third-order valence-electron chi connectivity index (χ3n) is 4.66. The Morgan fingerprint density at radius 3 is 2.84 bits per heavy atom. The van der Waals surface area contributed by atoms with Crippen molar-refractivity contribution in [1.29, 1.82) is 0 Å². The third-order valence-corrected chi connectivity index (χ3v) is 4.66. The monoisotopic (exact) mass is 366 g/mol. The van der Waals surface area contributed by atoms with Crippen molar-refractivity contribution in [2.45, 2.75) is 26.2 Å². The zero-order chi connectivity index (χ0) is 16.9.